The van der Waals surface area contributed by atoms with E-state index in [4.69, 9.17) is 0 Å². The Balaban J connectivity index is 1.93. The Morgan fingerprint density at radius 2 is 1.80 bits per heavy atom. The monoisotopic (exact) mass is 283 g/mol. The number of amides is 1. The second kappa shape index (κ2) is 6.57. The molecule has 0 aromatic heterocycles. The highest BCUT2D eigenvalue weighted by Crippen LogP contribution is 2.39. The molecular weight excluding hydrogens is 258 g/mol. The third kappa shape index (κ3) is 3.32. The fraction of sp³-hybridized carbons (Fsp3) is 0.867. The van der Waals surface area contributed by atoms with E-state index in [2.05, 4.69) is 5.32 Å². The molecule has 5 nitrogen and oxygen atoms in total. The minimum Gasteiger partial charge on any atom is -0.481 e. The average Bonchev–Trinajstić information content (AvgIpc) is 2.86. The lowest BCUT2D eigenvalue weighted by Gasteiger charge is -2.33. The molecule has 0 bridgehead atoms. The quantitative estimate of drug-likeness (QED) is 0.716. The molecule has 2 rings (SSSR count). The molecule has 0 radical (unpaired) electrons. The molecule has 0 aliphatic heterocycles. The summed E-state index contributed by atoms with van der Waals surface area (Å²) in [7, 11) is 0. The van der Waals surface area contributed by atoms with Crippen molar-refractivity contribution in [3.8, 4) is 0 Å². The van der Waals surface area contributed by atoms with Gasteiger partial charge in [0.1, 0.15) is 0 Å². The van der Waals surface area contributed by atoms with Crippen molar-refractivity contribution in [3.63, 3.8) is 0 Å². The molecule has 20 heavy (non-hydrogen) atoms. The molecule has 5 heteroatoms. The van der Waals surface area contributed by atoms with Gasteiger partial charge in [0.2, 0.25) is 5.91 Å². The van der Waals surface area contributed by atoms with Crippen LogP contribution in [0, 0.1) is 11.3 Å². The first kappa shape index (κ1) is 15.3. The molecule has 2 saturated carbocycles. The van der Waals surface area contributed by atoms with E-state index < -0.39 is 11.4 Å². The van der Waals surface area contributed by atoms with Gasteiger partial charge in [0.25, 0.3) is 0 Å². The van der Waals surface area contributed by atoms with Crippen LogP contribution in [0.5, 0.6) is 0 Å². The Morgan fingerprint density at radius 3 is 2.40 bits per heavy atom. The number of aliphatic hydroxyl groups is 1. The zero-order chi connectivity index (χ0) is 14.6. The predicted octanol–water partition coefficient (Wildman–Crippen LogP) is 1.69. The second-order valence-electron chi connectivity index (χ2n) is 6.37. The number of aliphatic hydroxyl groups excluding tert-OH is 1. The molecule has 1 amide bonds. The lowest BCUT2D eigenvalue weighted by Crippen LogP contribution is -2.43. The summed E-state index contributed by atoms with van der Waals surface area (Å²) in [6.45, 7) is 0.0923. The SMILES string of the molecule is O=C(CC1(C(=O)O)CCCCC1)NC1CCCC1CO. The lowest BCUT2D eigenvalue weighted by atomic mass is 9.71. The van der Waals surface area contributed by atoms with Gasteiger partial charge in [-0.1, -0.05) is 25.7 Å². The van der Waals surface area contributed by atoms with Crippen LogP contribution >= 0.6 is 0 Å². The zero-order valence-electron chi connectivity index (χ0n) is 11.9. The Labute approximate surface area is 119 Å². The Bertz CT molecular complexity index is 363. The van der Waals surface area contributed by atoms with E-state index in [-0.39, 0.29) is 30.9 Å². The van der Waals surface area contributed by atoms with Gasteiger partial charge in [-0.3, -0.25) is 9.59 Å². The standard InChI is InChI=1S/C15H25NO4/c17-10-11-5-4-6-12(11)16-13(18)9-15(14(19)20)7-2-1-3-8-15/h11-12,17H,1-10H2,(H,16,18)(H,19,20). The van der Waals surface area contributed by atoms with Crippen molar-refractivity contribution in [2.45, 2.75) is 63.8 Å². The molecule has 114 valence electrons. The van der Waals surface area contributed by atoms with Crippen LogP contribution in [0.2, 0.25) is 0 Å². The highest BCUT2D eigenvalue weighted by Gasteiger charge is 2.42. The minimum absolute atomic E-state index is 0.0157. The van der Waals surface area contributed by atoms with Crippen LogP contribution < -0.4 is 5.32 Å². The van der Waals surface area contributed by atoms with Gasteiger partial charge in [0, 0.05) is 25.0 Å². The number of carboxylic acid groups (broad SMARTS) is 1. The van der Waals surface area contributed by atoms with Crippen molar-refractivity contribution in [3.05, 3.63) is 0 Å². The van der Waals surface area contributed by atoms with Gasteiger partial charge in [-0.2, -0.15) is 0 Å². The molecule has 0 aromatic carbocycles. The van der Waals surface area contributed by atoms with Crippen LogP contribution in [0.1, 0.15) is 57.8 Å². The second-order valence-corrected chi connectivity index (χ2v) is 6.37. The zero-order valence-corrected chi connectivity index (χ0v) is 11.9. The maximum Gasteiger partial charge on any atom is 0.310 e. The van der Waals surface area contributed by atoms with Crippen molar-refractivity contribution in [1.82, 2.24) is 5.32 Å². The lowest BCUT2D eigenvalue weighted by molar-refractivity contribution is -0.154. The van der Waals surface area contributed by atoms with Crippen LogP contribution in [0.15, 0.2) is 0 Å². The molecule has 2 fully saturated rings. The number of hydrogen-bond donors (Lipinski definition) is 3. The van der Waals surface area contributed by atoms with Crippen molar-refractivity contribution in [1.29, 1.82) is 0 Å². The van der Waals surface area contributed by atoms with E-state index in [0.29, 0.717) is 12.8 Å². The van der Waals surface area contributed by atoms with Crippen molar-refractivity contribution >= 4 is 11.9 Å². The summed E-state index contributed by atoms with van der Waals surface area (Å²) in [5.41, 5.74) is -0.865. The van der Waals surface area contributed by atoms with Gasteiger partial charge < -0.3 is 15.5 Å². The molecule has 0 spiro atoms. The molecule has 0 heterocycles. The van der Waals surface area contributed by atoms with Crippen molar-refractivity contribution in [2.75, 3.05) is 6.61 Å². The Hall–Kier alpha value is -1.10. The first-order valence-corrected chi connectivity index (χ1v) is 7.71. The maximum absolute atomic E-state index is 12.2. The molecule has 0 aromatic rings. The number of nitrogens with one attached hydrogen (secondary N) is 1. The van der Waals surface area contributed by atoms with Crippen molar-refractivity contribution < 1.29 is 19.8 Å². The van der Waals surface area contributed by atoms with Gasteiger partial charge in [-0.05, 0) is 25.7 Å². The number of carbonyl (C=O) groups is 2. The van der Waals surface area contributed by atoms with Gasteiger partial charge in [-0.25, -0.2) is 0 Å². The van der Waals surface area contributed by atoms with Crippen LogP contribution in [0.3, 0.4) is 0 Å². The van der Waals surface area contributed by atoms with Crippen LogP contribution in [0.4, 0.5) is 0 Å². The summed E-state index contributed by atoms with van der Waals surface area (Å²) in [6, 6.07) is 0.0157. The highest BCUT2D eigenvalue weighted by atomic mass is 16.4. The molecule has 2 atom stereocenters. The van der Waals surface area contributed by atoms with E-state index in [1.807, 2.05) is 0 Å². The predicted molar refractivity (Wildman–Crippen MR) is 74.1 cm³/mol. The summed E-state index contributed by atoms with van der Waals surface area (Å²) in [4.78, 5) is 23.7. The topological polar surface area (TPSA) is 86.6 Å². The average molecular weight is 283 g/mol. The molecule has 2 aliphatic carbocycles. The van der Waals surface area contributed by atoms with E-state index >= 15 is 0 Å². The van der Waals surface area contributed by atoms with Gasteiger partial charge in [0.05, 0.1) is 5.41 Å². The molecule has 2 aliphatic rings. The number of aliphatic carboxylic acids is 1. The summed E-state index contributed by atoms with van der Waals surface area (Å²) >= 11 is 0. The van der Waals surface area contributed by atoms with Crippen LogP contribution in [-0.2, 0) is 9.59 Å². The third-order valence-corrected chi connectivity index (χ3v) is 5.00. The maximum atomic E-state index is 12.2. The first-order valence-electron chi connectivity index (χ1n) is 7.71. The number of rotatable bonds is 5. The number of hydrogen-bond acceptors (Lipinski definition) is 3. The normalized spacial score (nSPS) is 29.1. The smallest absolute Gasteiger partial charge is 0.310 e. The number of carboxylic acids is 1. The van der Waals surface area contributed by atoms with Gasteiger partial charge in [0.15, 0.2) is 0 Å². The summed E-state index contributed by atoms with van der Waals surface area (Å²) in [6.07, 6.45) is 6.96. The Kier molecular flexibility index (Phi) is 5.02. The summed E-state index contributed by atoms with van der Waals surface area (Å²) in [5.74, 6) is -0.872. The fourth-order valence-electron chi connectivity index (χ4n) is 3.71. The van der Waals surface area contributed by atoms with Crippen LogP contribution in [0.25, 0.3) is 0 Å². The summed E-state index contributed by atoms with van der Waals surface area (Å²) in [5, 5.41) is 21.7. The molecular formula is C15H25NO4. The van der Waals surface area contributed by atoms with Gasteiger partial charge >= 0.3 is 5.97 Å². The van der Waals surface area contributed by atoms with E-state index in [1.54, 1.807) is 0 Å². The number of carbonyl (C=O) groups excluding carboxylic acids is 1. The van der Waals surface area contributed by atoms with Crippen LogP contribution in [-0.4, -0.2) is 34.7 Å². The molecule has 0 saturated heterocycles. The van der Waals surface area contributed by atoms with Gasteiger partial charge in [-0.15, -0.1) is 0 Å². The highest BCUT2D eigenvalue weighted by molar-refractivity contribution is 5.85. The molecule has 2 unspecified atom stereocenters. The fourth-order valence-corrected chi connectivity index (χ4v) is 3.71. The van der Waals surface area contributed by atoms with Crippen molar-refractivity contribution in [2.24, 2.45) is 11.3 Å². The van der Waals surface area contributed by atoms with E-state index in [9.17, 15) is 19.8 Å². The van der Waals surface area contributed by atoms with E-state index in [1.165, 1.54) is 0 Å². The molecule has 3 N–H and O–H groups in total. The Morgan fingerprint density at radius 1 is 1.10 bits per heavy atom. The largest absolute Gasteiger partial charge is 0.481 e. The summed E-state index contributed by atoms with van der Waals surface area (Å²) < 4.78 is 0. The third-order valence-electron chi connectivity index (χ3n) is 5.00. The van der Waals surface area contributed by atoms with E-state index in [0.717, 1.165) is 38.5 Å². The minimum atomic E-state index is -0.865. The first-order chi connectivity index (χ1) is 9.57.